The van der Waals surface area contributed by atoms with Crippen LogP contribution in [-0.2, 0) is 14.4 Å². The van der Waals surface area contributed by atoms with Crippen molar-refractivity contribution in [1.29, 1.82) is 0 Å². The number of hydroxylamine groups is 2. The van der Waals surface area contributed by atoms with Crippen LogP contribution in [0.25, 0.3) is 0 Å². The largest absolute Gasteiger partial charge is 0.504 e. The van der Waals surface area contributed by atoms with E-state index in [0.29, 0.717) is 11.3 Å². The summed E-state index contributed by atoms with van der Waals surface area (Å²) in [5.74, 6) is -0.605. The maximum absolute atomic E-state index is 13.6. The first-order chi connectivity index (χ1) is 15.7. The predicted octanol–water partition coefficient (Wildman–Crippen LogP) is 1.04. The number of aliphatic hydroxyl groups excluding tert-OH is 1. The number of rotatable bonds is 3. The zero-order valence-electron chi connectivity index (χ0n) is 17.4. The lowest BCUT2D eigenvalue weighted by Crippen LogP contribution is -2.77. The van der Waals surface area contributed by atoms with Crippen molar-refractivity contribution in [2.75, 3.05) is 14.2 Å². The standard InChI is InChI=1S/C20H21IN2O8S2/c1-29-8-5-9(14(25)11(6-8)30-2)15-13-17(26)23-20(33-32-15,18(27)22-13)7-19(28)12(21)4-3-10(24)16(19)31-23/h3-6,10,12-13,15-16,24-25,28H,7H2,1-2H3,(H,22,27)/t10-,12-,13-,15-,16+,19+,20-/m1/s1. The van der Waals surface area contributed by atoms with Gasteiger partial charge in [-0.15, -0.1) is 0 Å². The number of carbonyl (C=O) groups excluding carboxylic acids is 2. The molecule has 0 aromatic heterocycles. The van der Waals surface area contributed by atoms with Gasteiger partial charge in [-0.1, -0.05) is 56.3 Å². The molecule has 2 amide bonds. The van der Waals surface area contributed by atoms with Gasteiger partial charge in [0.05, 0.1) is 23.4 Å². The van der Waals surface area contributed by atoms with Crippen LogP contribution in [0.15, 0.2) is 24.3 Å². The van der Waals surface area contributed by atoms with Gasteiger partial charge in [-0.3, -0.25) is 14.4 Å². The zero-order valence-corrected chi connectivity index (χ0v) is 21.2. The second kappa shape index (κ2) is 8.09. The molecule has 7 atom stereocenters. The zero-order chi connectivity index (χ0) is 23.7. The molecule has 6 rings (SSSR count). The highest BCUT2D eigenvalue weighted by Gasteiger charge is 2.69. The molecule has 4 fully saturated rings. The summed E-state index contributed by atoms with van der Waals surface area (Å²) in [4.78, 5) is 31.3. The summed E-state index contributed by atoms with van der Waals surface area (Å²) in [6.07, 6.45) is 0.791. The molecule has 13 heteroatoms. The Morgan fingerprint density at radius 1 is 1.27 bits per heavy atom. The van der Waals surface area contributed by atoms with Crippen LogP contribution in [-0.4, -0.2) is 79.1 Å². The van der Waals surface area contributed by atoms with Crippen molar-refractivity contribution < 1.29 is 39.2 Å². The van der Waals surface area contributed by atoms with Gasteiger partial charge in [-0.2, -0.15) is 5.06 Å². The third-order valence-electron chi connectivity index (χ3n) is 6.37. The van der Waals surface area contributed by atoms with E-state index < -0.39 is 49.7 Å². The van der Waals surface area contributed by atoms with E-state index in [-0.39, 0.29) is 17.9 Å². The van der Waals surface area contributed by atoms with Crippen molar-refractivity contribution in [1.82, 2.24) is 10.4 Å². The molecular weight excluding hydrogens is 587 g/mol. The Morgan fingerprint density at radius 3 is 2.73 bits per heavy atom. The highest BCUT2D eigenvalue weighted by Crippen LogP contribution is 2.61. The van der Waals surface area contributed by atoms with Gasteiger partial charge in [-0.25, -0.2) is 0 Å². The van der Waals surface area contributed by atoms with Crippen LogP contribution in [0.2, 0.25) is 0 Å². The van der Waals surface area contributed by atoms with Crippen LogP contribution >= 0.6 is 44.2 Å². The van der Waals surface area contributed by atoms with Gasteiger partial charge >= 0.3 is 0 Å². The smallest absolute Gasteiger partial charge is 0.272 e. The van der Waals surface area contributed by atoms with Crippen LogP contribution in [0, 0.1) is 0 Å². The Kier molecular flexibility index (Phi) is 5.72. The number of hydrogen-bond acceptors (Lipinski definition) is 10. The number of amides is 2. The molecule has 178 valence electrons. The monoisotopic (exact) mass is 608 g/mol. The molecule has 2 bridgehead atoms. The molecule has 1 aromatic carbocycles. The summed E-state index contributed by atoms with van der Waals surface area (Å²) in [7, 11) is 5.18. The van der Waals surface area contributed by atoms with Crippen LogP contribution in [0.5, 0.6) is 17.2 Å². The summed E-state index contributed by atoms with van der Waals surface area (Å²) >= 11 is 2.03. The summed E-state index contributed by atoms with van der Waals surface area (Å²) in [5, 5.41) is 35.8. The second-order valence-electron chi connectivity index (χ2n) is 8.21. The molecule has 0 saturated carbocycles. The van der Waals surface area contributed by atoms with Gasteiger partial charge in [0.25, 0.3) is 11.8 Å². The molecule has 4 N–H and O–H groups in total. The van der Waals surface area contributed by atoms with E-state index in [0.717, 1.165) is 15.9 Å². The minimum Gasteiger partial charge on any atom is -0.504 e. The number of nitrogens with one attached hydrogen (secondary N) is 1. The first kappa shape index (κ1) is 23.4. The number of piperazine rings is 1. The van der Waals surface area contributed by atoms with E-state index in [1.165, 1.54) is 37.2 Å². The molecule has 1 aliphatic carbocycles. The lowest BCUT2D eigenvalue weighted by molar-refractivity contribution is -0.312. The van der Waals surface area contributed by atoms with E-state index in [9.17, 15) is 24.9 Å². The molecule has 0 radical (unpaired) electrons. The number of benzene rings is 1. The normalized spacial score (nSPS) is 39.4. The van der Waals surface area contributed by atoms with E-state index in [2.05, 4.69) is 5.32 Å². The third-order valence-corrected chi connectivity index (χ3v) is 11.2. The number of methoxy groups -OCH3 is 2. The summed E-state index contributed by atoms with van der Waals surface area (Å²) in [5.41, 5.74) is -1.23. The maximum atomic E-state index is 13.6. The van der Waals surface area contributed by atoms with Crippen LogP contribution in [0.3, 0.4) is 0 Å². The average molecular weight is 608 g/mol. The number of phenolic OH excluding ortho intramolecular Hbond substituents is 1. The third kappa shape index (κ3) is 3.26. The Morgan fingerprint density at radius 2 is 2.03 bits per heavy atom. The topological polar surface area (TPSA) is 138 Å². The molecule has 4 aliphatic heterocycles. The predicted molar refractivity (Wildman–Crippen MR) is 128 cm³/mol. The molecular formula is C20H21IN2O8S2. The summed E-state index contributed by atoms with van der Waals surface area (Å²) < 4.78 is 10.1. The van der Waals surface area contributed by atoms with Crippen molar-refractivity contribution in [2.24, 2.45) is 0 Å². The van der Waals surface area contributed by atoms with Crippen molar-refractivity contribution >= 4 is 56.0 Å². The number of fused-ring (bicyclic) bond motifs is 4. The van der Waals surface area contributed by atoms with Gasteiger partial charge in [0.2, 0.25) is 4.87 Å². The first-order valence-electron chi connectivity index (χ1n) is 10.0. The van der Waals surface area contributed by atoms with Crippen molar-refractivity contribution in [3.8, 4) is 17.2 Å². The number of alkyl halides is 1. The molecule has 4 saturated heterocycles. The highest BCUT2D eigenvalue weighted by molar-refractivity contribution is 14.1. The average Bonchev–Trinajstić information content (AvgIpc) is 3.00. The molecule has 1 spiro atoms. The number of aromatic hydroxyl groups is 1. The van der Waals surface area contributed by atoms with Crippen LogP contribution in [0.4, 0.5) is 0 Å². The fourth-order valence-corrected chi connectivity index (χ4v) is 8.92. The molecule has 0 unspecified atom stereocenters. The lowest BCUT2D eigenvalue weighted by Gasteiger charge is -2.56. The SMILES string of the molecule is COc1cc(OC)c(O)c([C@H]2SS[C@@]34C[C@]5(O)[C@H](I)C=C[C@@H](O)[C@@H]5ON3C(=O)[C@@H]2NC4=O)c1. The fraction of sp³-hybridized carbons (Fsp3) is 0.500. The van der Waals surface area contributed by atoms with Gasteiger partial charge in [-0.05, 0) is 6.07 Å². The van der Waals surface area contributed by atoms with E-state index in [4.69, 9.17) is 14.3 Å². The van der Waals surface area contributed by atoms with Gasteiger partial charge in [0, 0.05) is 18.1 Å². The van der Waals surface area contributed by atoms with E-state index in [1.807, 2.05) is 22.6 Å². The van der Waals surface area contributed by atoms with Crippen LogP contribution in [0.1, 0.15) is 17.2 Å². The number of carbonyl (C=O) groups is 2. The number of nitrogens with zero attached hydrogens (tertiary/aromatic N) is 1. The van der Waals surface area contributed by atoms with Gasteiger partial charge < -0.3 is 30.1 Å². The molecule has 10 nitrogen and oxygen atoms in total. The number of ether oxygens (including phenoxy) is 2. The Bertz CT molecular complexity index is 1060. The molecule has 4 heterocycles. The Labute approximate surface area is 210 Å². The van der Waals surface area contributed by atoms with E-state index in [1.54, 1.807) is 12.1 Å². The first-order valence-corrected chi connectivity index (χ1v) is 13.5. The minimum atomic E-state index is -1.58. The summed E-state index contributed by atoms with van der Waals surface area (Å²) in [6.45, 7) is 0. The maximum Gasteiger partial charge on any atom is 0.272 e. The quantitative estimate of drug-likeness (QED) is 0.171. The van der Waals surface area contributed by atoms with Crippen LogP contribution < -0.4 is 14.8 Å². The number of hydrogen-bond donors (Lipinski definition) is 4. The van der Waals surface area contributed by atoms with Crippen molar-refractivity contribution in [3.63, 3.8) is 0 Å². The highest BCUT2D eigenvalue weighted by atomic mass is 127. The van der Waals surface area contributed by atoms with E-state index >= 15 is 0 Å². The summed E-state index contributed by atoms with van der Waals surface area (Å²) in [6, 6.07) is 2.05. The minimum absolute atomic E-state index is 0.137. The lowest BCUT2D eigenvalue weighted by atomic mass is 9.77. The number of aliphatic hydroxyl groups is 2. The number of phenols is 1. The molecule has 33 heavy (non-hydrogen) atoms. The van der Waals surface area contributed by atoms with Crippen molar-refractivity contribution in [3.05, 3.63) is 29.8 Å². The molecule has 1 aromatic rings. The van der Waals surface area contributed by atoms with Gasteiger partial charge in [0.15, 0.2) is 11.5 Å². The van der Waals surface area contributed by atoms with Gasteiger partial charge in [0.1, 0.15) is 29.6 Å². The Hall–Kier alpha value is -1.39. The fourth-order valence-electron chi connectivity index (χ4n) is 4.60. The Balaban J connectivity index is 1.59. The molecule has 5 aliphatic rings. The van der Waals surface area contributed by atoms with Crippen molar-refractivity contribution in [2.45, 2.75) is 44.3 Å². The number of halogens is 1. The second-order valence-corrected chi connectivity index (χ2v) is 12.2.